The molecule has 4 rings (SSSR count). The molecule has 8 heteroatoms. The highest BCUT2D eigenvalue weighted by atomic mass is 19.1. The van der Waals surface area contributed by atoms with Gasteiger partial charge in [-0.1, -0.05) is 52.2 Å². The zero-order chi connectivity index (χ0) is 27.0. The van der Waals surface area contributed by atoms with Gasteiger partial charge in [0, 0.05) is 37.1 Å². The quantitative estimate of drug-likeness (QED) is 0.506. The van der Waals surface area contributed by atoms with Gasteiger partial charge in [0.05, 0.1) is 18.3 Å². The van der Waals surface area contributed by atoms with Crippen LogP contribution in [0.4, 0.5) is 10.1 Å². The maximum absolute atomic E-state index is 13.9. The fourth-order valence-corrected chi connectivity index (χ4v) is 4.85. The molecule has 2 aliphatic rings. The van der Waals surface area contributed by atoms with Crippen LogP contribution in [0, 0.1) is 5.82 Å². The normalized spacial score (nSPS) is 20.9. The smallest absolute Gasteiger partial charge is 0.247 e. The van der Waals surface area contributed by atoms with E-state index < -0.39 is 11.9 Å². The monoisotopic (exact) mass is 512 g/mol. The molecule has 0 bridgehead atoms. The van der Waals surface area contributed by atoms with Crippen molar-refractivity contribution in [1.29, 1.82) is 0 Å². The van der Waals surface area contributed by atoms with Gasteiger partial charge in [0.15, 0.2) is 0 Å². The van der Waals surface area contributed by atoms with E-state index in [1.807, 2.05) is 24.1 Å². The number of amides is 1. The highest BCUT2D eigenvalue weighted by Gasteiger charge is 2.29. The first-order chi connectivity index (χ1) is 17.6. The minimum Gasteiger partial charge on any atom is -0.392 e. The van der Waals surface area contributed by atoms with Crippen LogP contribution in [0.15, 0.2) is 42.7 Å². The van der Waals surface area contributed by atoms with Crippen molar-refractivity contribution in [3.8, 4) is 0 Å². The maximum atomic E-state index is 13.9. The summed E-state index contributed by atoms with van der Waals surface area (Å²) >= 11 is 0. The molecule has 2 heterocycles. The summed E-state index contributed by atoms with van der Waals surface area (Å²) in [5.41, 5.74) is 2.75. The number of nitrogens with one attached hydrogen (secondary N) is 2. The van der Waals surface area contributed by atoms with Gasteiger partial charge in [0.2, 0.25) is 5.91 Å². The van der Waals surface area contributed by atoms with Gasteiger partial charge in [-0.25, -0.2) is 4.39 Å². The summed E-state index contributed by atoms with van der Waals surface area (Å²) in [7, 11) is 1.88. The van der Waals surface area contributed by atoms with Crippen molar-refractivity contribution in [2.45, 2.75) is 88.9 Å². The fourth-order valence-electron chi connectivity index (χ4n) is 4.85. The zero-order valence-corrected chi connectivity index (χ0v) is 22.4. The number of likely N-dealkylation sites (N-methyl/N-ethyl adjacent to an activating group) is 1. The maximum Gasteiger partial charge on any atom is 0.247 e. The van der Waals surface area contributed by atoms with Crippen molar-refractivity contribution in [1.82, 2.24) is 15.6 Å². The number of carbonyl (C=O) groups is 2. The molecule has 0 radical (unpaired) electrons. The molecule has 3 unspecified atom stereocenters. The Labute approximate surface area is 219 Å². The Hall–Kier alpha value is -2.84. The number of carbonyl (C=O) groups excluding carboxylic acids is 2. The second-order valence-corrected chi connectivity index (χ2v) is 11.1. The van der Waals surface area contributed by atoms with E-state index in [2.05, 4.69) is 48.5 Å². The molecule has 202 valence electrons. The number of benzene rings is 1. The third-order valence-electron chi connectivity index (χ3n) is 7.08. The van der Waals surface area contributed by atoms with E-state index in [-0.39, 0.29) is 29.5 Å². The van der Waals surface area contributed by atoms with E-state index in [0.29, 0.717) is 18.5 Å². The number of hydrogen-bond donors (Lipinski definition) is 3. The lowest BCUT2D eigenvalue weighted by molar-refractivity contribution is -0.123. The minimum atomic E-state index is -0.638. The number of β-amino-alcohol motifs (C(OH)–C–C–N with tert-alkyl or cyclic N) is 1. The number of aliphatic hydroxyl groups is 1. The number of aliphatic hydroxyl groups excluding tert-OH is 1. The largest absolute Gasteiger partial charge is 0.392 e. The van der Waals surface area contributed by atoms with Crippen LogP contribution in [0.1, 0.15) is 76.5 Å². The molecule has 2 fully saturated rings. The topological polar surface area (TPSA) is 94.6 Å². The van der Waals surface area contributed by atoms with E-state index in [0.717, 1.165) is 43.9 Å². The summed E-state index contributed by atoms with van der Waals surface area (Å²) in [4.78, 5) is 29.1. The van der Waals surface area contributed by atoms with Crippen molar-refractivity contribution in [2.24, 2.45) is 0 Å². The molecule has 1 aromatic heterocycles. The summed E-state index contributed by atoms with van der Waals surface area (Å²) in [5, 5.41) is 14.8. The molecule has 7 nitrogen and oxygen atoms in total. The molecular weight excluding hydrogens is 471 g/mol. The number of halogens is 1. The SMILES string of the molecule is CN(c1ccc(C(C)(C)C)cc1)C(C(=O)NC1CCCCC1)c1cncc(F)c1.O=CC1CC(O)CN1. The second kappa shape index (κ2) is 13.1. The second-order valence-electron chi connectivity index (χ2n) is 11.1. The van der Waals surface area contributed by atoms with Gasteiger partial charge in [0.25, 0.3) is 0 Å². The first-order valence-electron chi connectivity index (χ1n) is 13.2. The Bertz CT molecular complexity index is 1020. The molecule has 1 aliphatic carbocycles. The molecule has 1 saturated heterocycles. The number of rotatable bonds is 6. The standard InChI is InChI=1S/C24H32FN3O.C5H9NO2/c1-24(2,3)18-10-12-21(13-11-18)28(4)22(17-14-19(25)16-26-15-17)23(29)27-20-8-6-5-7-9-20;7-3-4-1-5(8)2-6-4/h10-16,20,22H,5-9H2,1-4H3,(H,27,29);3-6,8H,1-2H2. The van der Waals surface area contributed by atoms with Gasteiger partial charge in [-0.2, -0.15) is 0 Å². The lowest BCUT2D eigenvalue weighted by atomic mass is 9.87. The Morgan fingerprint density at radius 3 is 2.38 bits per heavy atom. The molecule has 37 heavy (non-hydrogen) atoms. The number of nitrogens with zero attached hydrogens (tertiary/aromatic N) is 2. The van der Waals surface area contributed by atoms with Crippen molar-refractivity contribution in [3.63, 3.8) is 0 Å². The first kappa shape index (κ1) is 28.7. The van der Waals surface area contributed by atoms with Crippen LogP contribution in [-0.2, 0) is 15.0 Å². The molecule has 1 aromatic carbocycles. The van der Waals surface area contributed by atoms with Crippen LogP contribution in [0.3, 0.4) is 0 Å². The third-order valence-corrected chi connectivity index (χ3v) is 7.08. The molecule has 1 aliphatic heterocycles. The van der Waals surface area contributed by atoms with Gasteiger partial charge < -0.3 is 25.4 Å². The molecule has 3 atom stereocenters. The molecule has 0 spiro atoms. The van der Waals surface area contributed by atoms with E-state index in [9.17, 15) is 14.0 Å². The highest BCUT2D eigenvalue weighted by Crippen LogP contribution is 2.30. The van der Waals surface area contributed by atoms with Crippen LogP contribution >= 0.6 is 0 Å². The average Bonchev–Trinajstić information content (AvgIpc) is 3.30. The van der Waals surface area contributed by atoms with Crippen LogP contribution in [0.2, 0.25) is 0 Å². The molecular formula is C29H41FN4O3. The Morgan fingerprint density at radius 1 is 1.19 bits per heavy atom. The van der Waals surface area contributed by atoms with Crippen molar-refractivity contribution >= 4 is 17.9 Å². The van der Waals surface area contributed by atoms with Gasteiger partial charge in [-0.05, 0) is 48.4 Å². The molecule has 3 N–H and O–H groups in total. The number of aromatic nitrogens is 1. The summed E-state index contributed by atoms with van der Waals surface area (Å²) in [6.07, 6.45) is 9.34. The Balaban J connectivity index is 0.000000405. The summed E-state index contributed by atoms with van der Waals surface area (Å²) in [6, 6.07) is 9.07. The number of anilines is 1. The molecule has 1 saturated carbocycles. The number of hydrogen-bond acceptors (Lipinski definition) is 6. The van der Waals surface area contributed by atoms with E-state index in [1.54, 1.807) is 6.20 Å². The number of aldehydes is 1. The average molecular weight is 513 g/mol. The Kier molecular flexibility index (Phi) is 10.2. The summed E-state index contributed by atoms with van der Waals surface area (Å²) in [5.74, 6) is -0.541. The molecule has 2 aromatic rings. The van der Waals surface area contributed by atoms with E-state index >= 15 is 0 Å². The van der Waals surface area contributed by atoms with E-state index in [1.165, 1.54) is 18.1 Å². The lowest BCUT2D eigenvalue weighted by Crippen LogP contribution is -2.44. The summed E-state index contributed by atoms with van der Waals surface area (Å²) < 4.78 is 13.9. The highest BCUT2D eigenvalue weighted by molar-refractivity contribution is 5.86. The van der Waals surface area contributed by atoms with Gasteiger partial charge >= 0.3 is 0 Å². The Morgan fingerprint density at radius 2 is 1.86 bits per heavy atom. The van der Waals surface area contributed by atoms with Crippen LogP contribution in [0.5, 0.6) is 0 Å². The van der Waals surface area contributed by atoms with Gasteiger partial charge in [0.1, 0.15) is 18.1 Å². The first-order valence-corrected chi connectivity index (χ1v) is 13.2. The van der Waals surface area contributed by atoms with Crippen LogP contribution < -0.4 is 15.5 Å². The van der Waals surface area contributed by atoms with Crippen molar-refractivity contribution in [3.05, 3.63) is 59.7 Å². The van der Waals surface area contributed by atoms with Crippen molar-refractivity contribution in [2.75, 3.05) is 18.5 Å². The van der Waals surface area contributed by atoms with Crippen LogP contribution in [0.25, 0.3) is 0 Å². The van der Waals surface area contributed by atoms with E-state index in [4.69, 9.17) is 5.11 Å². The lowest BCUT2D eigenvalue weighted by Gasteiger charge is -2.32. The number of pyridine rings is 1. The minimum absolute atomic E-state index is 0.0569. The fraction of sp³-hybridized carbons (Fsp3) is 0.552. The predicted octanol–water partition coefficient (Wildman–Crippen LogP) is 4.05. The van der Waals surface area contributed by atoms with Crippen LogP contribution in [-0.4, -0.2) is 54.1 Å². The van der Waals surface area contributed by atoms with Crippen molar-refractivity contribution < 1.29 is 19.1 Å². The third kappa shape index (κ3) is 8.33. The van der Waals surface area contributed by atoms with Gasteiger partial charge in [-0.15, -0.1) is 0 Å². The van der Waals surface area contributed by atoms with Gasteiger partial charge in [-0.3, -0.25) is 9.78 Å². The predicted molar refractivity (Wildman–Crippen MR) is 144 cm³/mol. The molecule has 1 amide bonds. The zero-order valence-electron chi connectivity index (χ0n) is 22.4. The summed E-state index contributed by atoms with van der Waals surface area (Å²) in [6.45, 7) is 7.07.